The van der Waals surface area contributed by atoms with E-state index in [9.17, 15) is 0 Å². The number of aromatic amines is 1. The third-order valence-corrected chi connectivity index (χ3v) is 5.07. The Morgan fingerprint density at radius 1 is 1.08 bits per heavy atom. The molecular weight excluding hydrogens is 314 g/mol. The molecule has 0 aromatic carbocycles. The van der Waals surface area contributed by atoms with Crippen LogP contribution in [0.15, 0.2) is 43.4 Å². The molecule has 0 bridgehead atoms. The van der Waals surface area contributed by atoms with Crippen LogP contribution in [0.3, 0.4) is 0 Å². The van der Waals surface area contributed by atoms with Gasteiger partial charge in [0, 0.05) is 55.8 Å². The zero-order valence-electron chi connectivity index (χ0n) is 13.8. The molecule has 4 aromatic heterocycles. The van der Waals surface area contributed by atoms with Crippen molar-refractivity contribution in [2.24, 2.45) is 0 Å². The molecule has 1 aliphatic heterocycles. The van der Waals surface area contributed by atoms with Gasteiger partial charge in [-0.1, -0.05) is 0 Å². The highest BCUT2D eigenvalue weighted by Gasteiger charge is 2.23. The van der Waals surface area contributed by atoms with Gasteiger partial charge < -0.3 is 9.55 Å². The Morgan fingerprint density at radius 2 is 2.00 bits per heavy atom. The van der Waals surface area contributed by atoms with Crippen LogP contribution in [0.1, 0.15) is 24.6 Å². The number of hydrogen-bond acceptors (Lipinski definition) is 5. The highest BCUT2D eigenvalue weighted by atomic mass is 15.2. The lowest BCUT2D eigenvalue weighted by Crippen LogP contribution is -2.34. The van der Waals surface area contributed by atoms with Crippen LogP contribution in [0.4, 0.5) is 0 Å². The Morgan fingerprint density at radius 3 is 2.84 bits per heavy atom. The molecule has 0 aliphatic carbocycles. The van der Waals surface area contributed by atoms with Gasteiger partial charge in [0.1, 0.15) is 11.2 Å². The molecule has 0 radical (unpaired) electrons. The lowest BCUT2D eigenvalue weighted by molar-refractivity contribution is 0.179. The zero-order chi connectivity index (χ0) is 16.6. The van der Waals surface area contributed by atoms with Crippen LogP contribution in [0.2, 0.25) is 0 Å². The summed E-state index contributed by atoms with van der Waals surface area (Å²) in [7, 11) is 0. The second-order valence-electron chi connectivity index (χ2n) is 6.59. The third kappa shape index (κ3) is 2.56. The van der Waals surface area contributed by atoms with Gasteiger partial charge in [0.25, 0.3) is 0 Å². The average molecular weight is 333 g/mol. The smallest absolute Gasteiger partial charge is 0.139 e. The van der Waals surface area contributed by atoms with Crippen molar-refractivity contribution in [3.63, 3.8) is 0 Å². The van der Waals surface area contributed by atoms with Crippen molar-refractivity contribution in [2.45, 2.75) is 25.4 Å². The number of imidazole rings is 1. The number of fused-ring (bicyclic) bond motifs is 3. The summed E-state index contributed by atoms with van der Waals surface area (Å²) in [5, 5.41) is 1.15. The van der Waals surface area contributed by atoms with Gasteiger partial charge in [-0.3, -0.25) is 14.9 Å². The number of nitrogens with one attached hydrogen (secondary N) is 1. The molecule has 1 fully saturated rings. The van der Waals surface area contributed by atoms with Crippen molar-refractivity contribution in [2.75, 3.05) is 13.1 Å². The van der Waals surface area contributed by atoms with E-state index in [1.54, 1.807) is 12.4 Å². The largest absolute Gasteiger partial charge is 0.346 e. The first-order chi connectivity index (χ1) is 12.4. The molecule has 5 heterocycles. The number of hydrogen-bond donors (Lipinski definition) is 1. The molecule has 0 amide bonds. The average Bonchev–Trinajstić information content (AvgIpc) is 3.29. The molecule has 0 saturated carbocycles. The number of likely N-dealkylation sites (tertiary alicyclic amines) is 1. The summed E-state index contributed by atoms with van der Waals surface area (Å²) in [6.07, 6.45) is 13.3. The fourth-order valence-corrected chi connectivity index (χ4v) is 3.80. The van der Waals surface area contributed by atoms with Crippen LogP contribution in [-0.2, 0) is 6.54 Å². The summed E-state index contributed by atoms with van der Waals surface area (Å²) in [5.74, 6) is 0. The van der Waals surface area contributed by atoms with E-state index in [4.69, 9.17) is 0 Å². The topological polar surface area (TPSA) is 75.5 Å². The summed E-state index contributed by atoms with van der Waals surface area (Å²) in [4.78, 5) is 23.2. The Bertz CT molecular complexity index is 996. The molecule has 1 aliphatic rings. The second kappa shape index (κ2) is 5.93. The van der Waals surface area contributed by atoms with Crippen LogP contribution in [0.5, 0.6) is 0 Å². The van der Waals surface area contributed by atoms with E-state index in [1.807, 2.05) is 24.9 Å². The Hall–Kier alpha value is -2.80. The number of piperidine rings is 1. The lowest BCUT2D eigenvalue weighted by atomic mass is 10.0. The first-order valence-electron chi connectivity index (χ1n) is 8.64. The van der Waals surface area contributed by atoms with E-state index in [0.717, 1.165) is 54.7 Å². The number of H-pyrrole nitrogens is 1. The van der Waals surface area contributed by atoms with Crippen molar-refractivity contribution in [1.29, 1.82) is 0 Å². The molecular formula is C18H19N7. The van der Waals surface area contributed by atoms with E-state index in [-0.39, 0.29) is 0 Å². The van der Waals surface area contributed by atoms with Crippen LogP contribution < -0.4 is 0 Å². The SMILES string of the molecule is c1cnc(CN2CCC(n3cnc4cnc5[nH]ccc5c43)CC2)cn1. The van der Waals surface area contributed by atoms with Crippen LogP contribution in [0, 0.1) is 0 Å². The predicted octanol–water partition coefficient (Wildman–Crippen LogP) is 2.54. The summed E-state index contributed by atoms with van der Waals surface area (Å²) in [6.45, 7) is 2.99. The van der Waals surface area contributed by atoms with Gasteiger partial charge in [0.15, 0.2) is 0 Å². The quantitative estimate of drug-likeness (QED) is 0.623. The van der Waals surface area contributed by atoms with Crippen molar-refractivity contribution < 1.29 is 0 Å². The molecule has 1 saturated heterocycles. The summed E-state index contributed by atoms with van der Waals surface area (Å²) < 4.78 is 2.34. The lowest BCUT2D eigenvalue weighted by Gasteiger charge is -2.32. The maximum absolute atomic E-state index is 4.57. The second-order valence-corrected chi connectivity index (χ2v) is 6.59. The minimum atomic E-state index is 0.476. The molecule has 0 unspecified atom stereocenters. The molecule has 25 heavy (non-hydrogen) atoms. The summed E-state index contributed by atoms with van der Waals surface area (Å²) in [6, 6.07) is 2.56. The highest BCUT2D eigenvalue weighted by molar-refractivity contribution is 6.00. The predicted molar refractivity (Wildman–Crippen MR) is 95.0 cm³/mol. The number of rotatable bonds is 3. The van der Waals surface area contributed by atoms with Gasteiger partial charge in [-0.05, 0) is 18.9 Å². The summed E-state index contributed by atoms with van der Waals surface area (Å²) >= 11 is 0. The first kappa shape index (κ1) is 14.5. The Kier molecular flexibility index (Phi) is 3.45. The Balaban J connectivity index is 1.37. The van der Waals surface area contributed by atoms with Gasteiger partial charge in [-0.25, -0.2) is 9.97 Å². The maximum Gasteiger partial charge on any atom is 0.139 e. The van der Waals surface area contributed by atoms with Crippen molar-refractivity contribution in [1.82, 2.24) is 34.4 Å². The summed E-state index contributed by atoms with van der Waals surface area (Å²) in [5.41, 5.74) is 4.12. The molecule has 5 rings (SSSR count). The van der Waals surface area contributed by atoms with Crippen molar-refractivity contribution in [3.8, 4) is 0 Å². The molecule has 1 N–H and O–H groups in total. The van der Waals surface area contributed by atoms with Gasteiger partial charge in [0.2, 0.25) is 0 Å². The minimum absolute atomic E-state index is 0.476. The molecule has 0 atom stereocenters. The fourth-order valence-electron chi connectivity index (χ4n) is 3.80. The normalized spacial score (nSPS) is 16.8. The van der Waals surface area contributed by atoms with E-state index >= 15 is 0 Å². The standard InChI is InChI=1S/C18H19N7/c1-4-21-18-15(1)17-16(10-22-18)23-12-25(17)14-2-7-24(8-3-14)11-13-9-19-5-6-20-13/h1,4-6,9-10,12,14H,2-3,7-8,11H2,(H,21,22). The van der Waals surface area contributed by atoms with E-state index in [0.29, 0.717) is 6.04 Å². The zero-order valence-corrected chi connectivity index (χ0v) is 13.8. The van der Waals surface area contributed by atoms with Gasteiger partial charge in [-0.2, -0.15) is 0 Å². The Labute approximate surface area is 144 Å². The first-order valence-corrected chi connectivity index (χ1v) is 8.64. The minimum Gasteiger partial charge on any atom is -0.346 e. The maximum atomic E-state index is 4.57. The highest BCUT2D eigenvalue weighted by Crippen LogP contribution is 2.30. The molecule has 7 nitrogen and oxygen atoms in total. The van der Waals surface area contributed by atoms with Gasteiger partial charge >= 0.3 is 0 Å². The van der Waals surface area contributed by atoms with Gasteiger partial charge in [0.05, 0.1) is 23.7 Å². The molecule has 0 spiro atoms. The van der Waals surface area contributed by atoms with Crippen LogP contribution in [-0.4, -0.2) is 47.5 Å². The van der Waals surface area contributed by atoms with Crippen LogP contribution >= 0.6 is 0 Å². The third-order valence-electron chi connectivity index (χ3n) is 5.07. The number of aromatic nitrogens is 6. The monoisotopic (exact) mass is 333 g/mol. The fraction of sp³-hybridized carbons (Fsp3) is 0.333. The van der Waals surface area contributed by atoms with Crippen molar-refractivity contribution >= 4 is 22.1 Å². The molecule has 7 heteroatoms. The molecule has 126 valence electrons. The van der Waals surface area contributed by atoms with E-state index in [2.05, 4.69) is 40.5 Å². The number of pyridine rings is 1. The van der Waals surface area contributed by atoms with Crippen molar-refractivity contribution in [3.05, 3.63) is 49.1 Å². The molecule has 4 aromatic rings. The number of nitrogens with zero attached hydrogens (tertiary/aromatic N) is 6. The van der Waals surface area contributed by atoms with E-state index in [1.165, 1.54) is 5.52 Å². The van der Waals surface area contributed by atoms with Gasteiger partial charge in [-0.15, -0.1) is 0 Å². The van der Waals surface area contributed by atoms with E-state index < -0.39 is 0 Å². The van der Waals surface area contributed by atoms with Crippen LogP contribution in [0.25, 0.3) is 22.1 Å².